The number of nitro benzene ring substituents is 1. The summed E-state index contributed by atoms with van der Waals surface area (Å²) >= 11 is 0. The van der Waals surface area contributed by atoms with E-state index >= 15 is 0 Å². The molecule has 0 atom stereocenters. The largest absolute Gasteiger partial charge is 0.379 e. The monoisotopic (exact) mass is 435 g/mol. The summed E-state index contributed by atoms with van der Waals surface area (Å²) in [6.07, 6.45) is 0. The van der Waals surface area contributed by atoms with Crippen LogP contribution in [0.3, 0.4) is 0 Å². The van der Waals surface area contributed by atoms with Crippen molar-refractivity contribution in [2.24, 2.45) is 0 Å². The molecule has 3 rings (SSSR count). The number of benzene rings is 2. The Kier molecular flexibility index (Phi) is 7.38. The van der Waals surface area contributed by atoms with Crippen molar-refractivity contribution < 1.29 is 22.8 Å². The lowest BCUT2D eigenvalue weighted by Crippen LogP contribution is -2.40. The summed E-state index contributed by atoms with van der Waals surface area (Å²) in [5.74, 6) is 0. The van der Waals surface area contributed by atoms with E-state index in [2.05, 4.69) is 5.32 Å². The van der Waals surface area contributed by atoms with Crippen LogP contribution < -0.4 is 5.32 Å². The van der Waals surface area contributed by atoms with E-state index in [9.17, 15) is 18.5 Å². The third-order valence-electron chi connectivity index (χ3n) is 4.75. The number of ether oxygens (including phenoxy) is 2. The summed E-state index contributed by atoms with van der Waals surface area (Å²) in [4.78, 5) is 10.9. The maximum absolute atomic E-state index is 12.8. The second kappa shape index (κ2) is 9.98. The van der Waals surface area contributed by atoms with Crippen molar-refractivity contribution in [2.45, 2.75) is 25.0 Å². The Labute approximate surface area is 175 Å². The molecule has 2 aromatic rings. The second-order valence-corrected chi connectivity index (χ2v) is 8.70. The fraction of sp³-hybridized carbons (Fsp3) is 0.400. The zero-order valence-electron chi connectivity index (χ0n) is 16.7. The van der Waals surface area contributed by atoms with Crippen molar-refractivity contribution >= 4 is 21.4 Å². The molecule has 10 heteroatoms. The summed E-state index contributed by atoms with van der Waals surface area (Å²) in [7, 11) is -3.81. The van der Waals surface area contributed by atoms with Gasteiger partial charge in [-0.3, -0.25) is 10.1 Å². The first kappa shape index (κ1) is 22.2. The van der Waals surface area contributed by atoms with Crippen LogP contribution >= 0.6 is 0 Å². The molecule has 0 aliphatic carbocycles. The SMILES string of the molecule is CCOCc1ccc(CNc2ccc(S(=O)(=O)N3CCOCC3)cc2[N+](=O)[O-])cc1. The number of sulfonamides is 1. The number of hydrogen-bond donors (Lipinski definition) is 1. The minimum Gasteiger partial charge on any atom is -0.379 e. The number of nitro groups is 1. The smallest absolute Gasteiger partial charge is 0.293 e. The molecule has 1 N–H and O–H groups in total. The van der Waals surface area contributed by atoms with E-state index in [0.29, 0.717) is 33.0 Å². The van der Waals surface area contributed by atoms with Gasteiger partial charge in [-0.05, 0) is 30.2 Å². The predicted octanol–water partition coefficient (Wildman–Crippen LogP) is 2.76. The van der Waals surface area contributed by atoms with Crippen molar-refractivity contribution in [3.8, 4) is 0 Å². The average Bonchev–Trinajstić information content (AvgIpc) is 2.77. The Morgan fingerprint density at radius 3 is 2.43 bits per heavy atom. The van der Waals surface area contributed by atoms with Gasteiger partial charge < -0.3 is 14.8 Å². The van der Waals surface area contributed by atoms with Crippen LogP contribution in [-0.2, 0) is 32.6 Å². The van der Waals surface area contributed by atoms with E-state index < -0.39 is 14.9 Å². The molecule has 0 spiro atoms. The highest BCUT2D eigenvalue weighted by atomic mass is 32.2. The van der Waals surface area contributed by atoms with Crippen LogP contribution in [0.15, 0.2) is 47.4 Å². The standard InChI is InChI=1S/C20H25N3O6S/c1-2-28-15-17-5-3-16(4-6-17)14-21-19-8-7-18(13-20(19)23(24)25)30(26,27)22-9-11-29-12-10-22/h3-8,13,21H,2,9-12,14-15H2,1H3. The molecule has 0 bridgehead atoms. The first-order valence-corrected chi connectivity index (χ1v) is 11.1. The first-order chi connectivity index (χ1) is 14.4. The van der Waals surface area contributed by atoms with Crippen LogP contribution in [0.5, 0.6) is 0 Å². The van der Waals surface area contributed by atoms with Gasteiger partial charge in [-0.2, -0.15) is 4.31 Å². The zero-order chi connectivity index (χ0) is 21.6. The van der Waals surface area contributed by atoms with Crippen LogP contribution in [-0.4, -0.2) is 50.6 Å². The Bertz CT molecular complexity index is 973. The predicted molar refractivity (Wildman–Crippen MR) is 112 cm³/mol. The molecule has 30 heavy (non-hydrogen) atoms. The second-order valence-electron chi connectivity index (χ2n) is 6.76. The third-order valence-corrected chi connectivity index (χ3v) is 6.65. The highest BCUT2D eigenvalue weighted by Crippen LogP contribution is 2.29. The summed E-state index contributed by atoms with van der Waals surface area (Å²) < 4.78 is 37.4. The minimum atomic E-state index is -3.81. The maximum atomic E-state index is 12.8. The molecule has 1 saturated heterocycles. The molecule has 0 amide bonds. The molecule has 1 aliphatic rings. The number of nitrogens with one attached hydrogen (secondary N) is 1. The topological polar surface area (TPSA) is 111 Å². The average molecular weight is 436 g/mol. The molecular formula is C20H25N3O6S. The molecule has 0 aromatic heterocycles. The molecule has 0 unspecified atom stereocenters. The van der Waals surface area contributed by atoms with E-state index in [1.54, 1.807) is 0 Å². The molecular weight excluding hydrogens is 410 g/mol. The van der Waals surface area contributed by atoms with Crippen molar-refractivity contribution in [1.29, 1.82) is 0 Å². The van der Waals surface area contributed by atoms with Gasteiger partial charge in [0.25, 0.3) is 5.69 Å². The fourth-order valence-electron chi connectivity index (χ4n) is 3.08. The van der Waals surface area contributed by atoms with Gasteiger partial charge in [0.15, 0.2) is 0 Å². The molecule has 0 saturated carbocycles. The molecule has 1 aliphatic heterocycles. The van der Waals surface area contributed by atoms with Gasteiger partial charge in [-0.1, -0.05) is 24.3 Å². The quantitative estimate of drug-likeness (QED) is 0.476. The third kappa shape index (κ3) is 5.33. The Balaban J connectivity index is 1.74. The molecule has 1 fully saturated rings. The summed E-state index contributed by atoms with van der Waals surface area (Å²) in [5.41, 5.74) is 1.97. The van der Waals surface area contributed by atoms with Crippen molar-refractivity contribution in [1.82, 2.24) is 4.31 Å². The van der Waals surface area contributed by atoms with Crippen molar-refractivity contribution in [3.63, 3.8) is 0 Å². The fourth-order valence-corrected chi connectivity index (χ4v) is 4.51. The maximum Gasteiger partial charge on any atom is 0.293 e. The van der Waals surface area contributed by atoms with Crippen LogP contribution in [0, 0.1) is 10.1 Å². The molecule has 1 heterocycles. The Morgan fingerprint density at radius 1 is 1.13 bits per heavy atom. The van der Waals surface area contributed by atoms with Gasteiger partial charge in [0.1, 0.15) is 5.69 Å². The van der Waals surface area contributed by atoms with E-state index in [4.69, 9.17) is 9.47 Å². The number of nitrogens with zero attached hydrogens (tertiary/aromatic N) is 2. The molecule has 2 aromatic carbocycles. The van der Waals surface area contributed by atoms with Crippen LogP contribution in [0.25, 0.3) is 0 Å². The van der Waals surface area contributed by atoms with Gasteiger partial charge in [0.05, 0.1) is 29.6 Å². The van der Waals surface area contributed by atoms with E-state index in [1.807, 2.05) is 31.2 Å². The summed E-state index contributed by atoms with van der Waals surface area (Å²) in [6.45, 7) is 4.56. The van der Waals surface area contributed by atoms with Crippen LogP contribution in [0.1, 0.15) is 18.1 Å². The van der Waals surface area contributed by atoms with E-state index in [-0.39, 0.29) is 29.4 Å². The Morgan fingerprint density at radius 2 is 1.80 bits per heavy atom. The van der Waals surface area contributed by atoms with Gasteiger partial charge in [-0.25, -0.2) is 8.42 Å². The lowest BCUT2D eigenvalue weighted by Gasteiger charge is -2.26. The molecule has 162 valence electrons. The summed E-state index contributed by atoms with van der Waals surface area (Å²) in [6, 6.07) is 11.7. The first-order valence-electron chi connectivity index (χ1n) is 9.67. The number of hydrogen-bond acceptors (Lipinski definition) is 7. The molecule has 0 radical (unpaired) electrons. The lowest BCUT2D eigenvalue weighted by molar-refractivity contribution is -0.384. The zero-order valence-corrected chi connectivity index (χ0v) is 17.6. The minimum absolute atomic E-state index is 0.0954. The van der Waals surface area contributed by atoms with Gasteiger partial charge >= 0.3 is 0 Å². The van der Waals surface area contributed by atoms with Gasteiger partial charge in [0, 0.05) is 32.3 Å². The van der Waals surface area contributed by atoms with Crippen LogP contribution in [0.2, 0.25) is 0 Å². The highest BCUT2D eigenvalue weighted by molar-refractivity contribution is 7.89. The van der Waals surface area contributed by atoms with Crippen LogP contribution in [0.4, 0.5) is 11.4 Å². The number of morpholine rings is 1. The van der Waals surface area contributed by atoms with Gasteiger partial charge in [-0.15, -0.1) is 0 Å². The summed E-state index contributed by atoms with van der Waals surface area (Å²) in [5, 5.41) is 14.6. The lowest BCUT2D eigenvalue weighted by atomic mass is 10.1. The van der Waals surface area contributed by atoms with Crippen molar-refractivity contribution in [2.75, 3.05) is 38.2 Å². The number of anilines is 1. The number of rotatable bonds is 9. The van der Waals surface area contributed by atoms with Crippen molar-refractivity contribution in [3.05, 3.63) is 63.7 Å². The normalized spacial score (nSPS) is 15.1. The Hall–Kier alpha value is -2.53. The van der Waals surface area contributed by atoms with E-state index in [1.165, 1.54) is 16.4 Å². The molecule has 9 nitrogen and oxygen atoms in total. The van der Waals surface area contributed by atoms with Gasteiger partial charge in [0.2, 0.25) is 10.0 Å². The highest BCUT2D eigenvalue weighted by Gasteiger charge is 2.28. The van der Waals surface area contributed by atoms with E-state index in [0.717, 1.165) is 17.2 Å².